The maximum atomic E-state index is 12.9. The minimum absolute atomic E-state index is 0.268. The summed E-state index contributed by atoms with van der Waals surface area (Å²) in [6.45, 7) is 7.85. The first kappa shape index (κ1) is 25.0. The molecule has 9 heteroatoms. The van der Waals surface area contributed by atoms with Gasteiger partial charge in [-0.25, -0.2) is 0 Å². The highest BCUT2D eigenvalue weighted by Crippen LogP contribution is 2.36. The number of carbonyl (C=O) groups is 3. The Morgan fingerprint density at radius 1 is 1.12 bits per heavy atom. The van der Waals surface area contributed by atoms with Gasteiger partial charge < -0.3 is 10.1 Å². The fourth-order valence-corrected chi connectivity index (χ4v) is 6.34. The van der Waals surface area contributed by atoms with Gasteiger partial charge in [0.25, 0.3) is 11.1 Å². The molecule has 1 heterocycles. The summed E-state index contributed by atoms with van der Waals surface area (Å²) in [6, 6.07) is 7.83. The summed E-state index contributed by atoms with van der Waals surface area (Å²) in [5, 5.41) is 2.38. The van der Waals surface area contributed by atoms with Gasteiger partial charge in [0.1, 0.15) is 12.3 Å². The molecule has 32 heavy (non-hydrogen) atoms. The number of thioether (sulfide) groups is 1. The first-order valence-corrected chi connectivity index (χ1v) is 12.8. The number of amides is 3. The molecule has 0 atom stereocenters. The Morgan fingerprint density at radius 3 is 2.41 bits per heavy atom. The number of benzene rings is 2. The summed E-state index contributed by atoms with van der Waals surface area (Å²) in [5.41, 5.74) is 4.40. The summed E-state index contributed by atoms with van der Waals surface area (Å²) in [4.78, 5) is 39.3. The van der Waals surface area contributed by atoms with Crippen LogP contribution in [0.5, 0.6) is 5.75 Å². The molecule has 2 aromatic rings. The van der Waals surface area contributed by atoms with E-state index in [9.17, 15) is 14.4 Å². The predicted octanol–water partition coefficient (Wildman–Crippen LogP) is 5.89. The molecule has 3 amide bonds. The lowest BCUT2D eigenvalue weighted by atomic mass is 10.1. The molecule has 0 bridgehead atoms. The predicted molar refractivity (Wildman–Crippen MR) is 145 cm³/mol. The van der Waals surface area contributed by atoms with Crippen molar-refractivity contribution in [3.63, 3.8) is 0 Å². The Morgan fingerprint density at radius 2 is 1.78 bits per heavy atom. The van der Waals surface area contributed by atoms with E-state index in [0.29, 0.717) is 18.0 Å². The van der Waals surface area contributed by atoms with Gasteiger partial charge in [-0.1, -0.05) is 17.7 Å². The molecule has 3 rings (SSSR count). The highest BCUT2D eigenvalue weighted by atomic mass is 127. The van der Waals surface area contributed by atoms with Crippen molar-refractivity contribution in [1.29, 1.82) is 0 Å². The van der Waals surface area contributed by atoms with Crippen LogP contribution in [0.3, 0.4) is 0 Å². The molecule has 168 valence electrons. The van der Waals surface area contributed by atoms with Crippen molar-refractivity contribution in [3.8, 4) is 5.75 Å². The molecule has 1 fully saturated rings. The van der Waals surface area contributed by atoms with Crippen LogP contribution in [0.4, 0.5) is 10.5 Å². The van der Waals surface area contributed by atoms with Crippen molar-refractivity contribution in [2.75, 3.05) is 18.5 Å². The van der Waals surface area contributed by atoms with Gasteiger partial charge in [0.2, 0.25) is 5.91 Å². The Kier molecular flexibility index (Phi) is 8.26. The second kappa shape index (κ2) is 10.6. The number of ether oxygens (including phenoxy) is 1. The van der Waals surface area contributed by atoms with Crippen LogP contribution in [0, 0.1) is 27.9 Å². The number of carbonyl (C=O) groups excluding carboxylic acids is 3. The van der Waals surface area contributed by atoms with Crippen molar-refractivity contribution in [3.05, 3.63) is 58.6 Å². The van der Waals surface area contributed by atoms with Crippen LogP contribution in [0.25, 0.3) is 6.08 Å². The van der Waals surface area contributed by atoms with Crippen molar-refractivity contribution in [2.24, 2.45) is 0 Å². The average molecular weight is 676 g/mol. The third-order valence-corrected chi connectivity index (χ3v) is 7.06. The van der Waals surface area contributed by atoms with E-state index in [1.807, 2.05) is 52.0 Å². The summed E-state index contributed by atoms with van der Waals surface area (Å²) >= 11 is 5.22. The molecule has 1 N–H and O–H groups in total. The van der Waals surface area contributed by atoms with E-state index in [1.165, 1.54) is 0 Å². The summed E-state index contributed by atoms with van der Waals surface area (Å²) in [5.74, 6) is -0.227. The van der Waals surface area contributed by atoms with Gasteiger partial charge in [-0.15, -0.1) is 0 Å². The number of rotatable bonds is 6. The van der Waals surface area contributed by atoms with Crippen molar-refractivity contribution in [2.45, 2.75) is 27.7 Å². The Bertz CT molecular complexity index is 1120. The van der Waals surface area contributed by atoms with Gasteiger partial charge in [-0.05, 0) is 114 Å². The Hall–Kier alpha value is -1.60. The van der Waals surface area contributed by atoms with E-state index >= 15 is 0 Å². The summed E-state index contributed by atoms with van der Waals surface area (Å²) < 4.78 is 7.66. The van der Waals surface area contributed by atoms with E-state index in [-0.39, 0.29) is 11.4 Å². The molecular weight excluding hydrogens is 654 g/mol. The van der Waals surface area contributed by atoms with Gasteiger partial charge in [-0.2, -0.15) is 0 Å². The van der Waals surface area contributed by atoms with E-state index in [0.717, 1.165) is 46.1 Å². The zero-order chi connectivity index (χ0) is 23.6. The van der Waals surface area contributed by atoms with E-state index in [4.69, 9.17) is 4.74 Å². The molecule has 0 saturated carbocycles. The highest BCUT2D eigenvalue weighted by Gasteiger charge is 2.36. The first-order chi connectivity index (χ1) is 15.1. The average Bonchev–Trinajstić information content (AvgIpc) is 2.94. The lowest BCUT2D eigenvalue weighted by Crippen LogP contribution is -2.36. The topological polar surface area (TPSA) is 75.7 Å². The molecular formula is C23H22I2N2O4S. The van der Waals surface area contributed by atoms with Crippen LogP contribution in [0.2, 0.25) is 0 Å². The zero-order valence-corrected chi connectivity index (χ0v) is 23.2. The number of nitrogens with one attached hydrogen (secondary N) is 1. The minimum Gasteiger partial charge on any atom is -0.492 e. The van der Waals surface area contributed by atoms with Gasteiger partial charge in [0.05, 0.1) is 15.1 Å². The Labute approximate surface area is 218 Å². The quantitative estimate of drug-likeness (QED) is 0.305. The highest BCUT2D eigenvalue weighted by molar-refractivity contribution is 14.1. The van der Waals surface area contributed by atoms with Gasteiger partial charge in [0, 0.05) is 14.8 Å². The fourth-order valence-electron chi connectivity index (χ4n) is 3.46. The number of imide groups is 1. The maximum absolute atomic E-state index is 12.9. The second-order valence-electron chi connectivity index (χ2n) is 7.33. The summed E-state index contributed by atoms with van der Waals surface area (Å²) in [6.07, 6.45) is 1.66. The second-order valence-corrected chi connectivity index (χ2v) is 10.7. The van der Waals surface area contributed by atoms with Crippen LogP contribution >= 0.6 is 56.9 Å². The molecule has 0 aliphatic carbocycles. The molecule has 1 saturated heterocycles. The number of halogens is 2. The van der Waals surface area contributed by atoms with Crippen LogP contribution in [-0.4, -0.2) is 35.1 Å². The number of hydrogen-bond donors (Lipinski definition) is 1. The first-order valence-electron chi connectivity index (χ1n) is 9.85. The normalized spacial score (nSPS) is 14.9. The van der Waals surface area contributed by atoms with Crippen LogP contribution in [-0.2, 0) is 9.59 Å². The number of aryl methyl sites for hydroxylation is 3. The lowest BCUT2D eigenvalue weighted by molar-refractivity contribution is -0.127. The van der Waals surface area contributed by atoms with E-state index < -0.39 is 17.1 Å². The molecule has 0 spiro atoms. The third-order valence-electron chi connectivity index (χ3n) is 4.73. The smallest absolute Gasteiger partial charge is 0.294 e. The molecule has 0 radical (unpaired) electrons. The molecule has 2 aromatic carbocycles. The molecule has 6 nitrogen and oxygen atoms in total. The van der Waals surface area contributed by atoms with Crippen molar-refractivity contribution >= 4 is 85.8 Å². The SMILES string of the molecule is CCOc1c(I)cc(I)cc1/C=C1/SC(=O)N(CC(=O)Nc2c(C)cc(C)cc2C)C1=O. The number of hydrogen-bond acceptors (Lipinski definition) is 5. The number of anilines is 1. The van der Waals surface area contributed by atoms with Crippen LogP contribution < -0.4 is 10.1 Å². The molecule has 1 aliphatic rings. The summed E-state index contributed by atoms with van der Waals surface area (Å²) in [7, 11) is 0. The maximum Gasteiger partial charge on any atom is 0.294 e. The molecule has 0 aromatic heterocycles. The lowest BCUT2D eigenvalue weighted by Gasteiger charge is -2.16. The third kappa shape index (κ3) is 5.66. The van der Waals surface area contributed by atoms with Gasteiger partial charge >= 0.3 is 0 Å². The number of nitrogens with zero attached hydrogens (tertiary/aromatic N) is 1. The molecule has 0 unspecified atom stereocenters. The minimum atomic E-state index is -0.483. The van der Waals surface area contributed by atoms with E-state index in [2.05, 4.69) is 50.5 Å². The zero-order valence-electron chi connectivity index (χ0n) is 18.0. The van der Waals surface area contributed by atoms with Crippen molar-refractivity contribution < 1.29 is 19.1 Å². The standard InChI is InChI=1S/C23H22I2N2O4S/c1-5-31-21-15(8-16(24)10-17(21)25)9-18-22(29)27(23(30)32-18)11-19(28)26-20-13(3)6-12(2)7-14(20)4/h6-10H,5,11H2,1-4H3,(H,26,28)/b18-9+. The van der Waals surface area contributed by atoms with E-state index in [1.54, 1.807) is 6.08 Å². The fraction of sp³-hybridized carbons (Fsp3) is 0.261. The van der Waals surface area contributed by atoms with Crippen LogP contribution in [0.15, 0.2) is 29.2 Å². The monoisotopic (exact) mass is 676 g/mol. The van der Waals surface area contributed by atoms with Gasteiger partial charge in [-0.3, -0.25) is 19.3 Å². The molecule has 1 aliphatic heterocycles. The largest absolute Gasteiger partial charge is 0.492 e. The van der Waals surface area contributed by atoms with Crippen LogP contribution in [0.1, 0.15) is 29.2 Å². The van der Waals surface area contributed by atoms with Crippen molar-refractivity contribution in [1.82, 2.24) is 4.90 Å². The Balaban J connectivity index is 1.81. The van der Waals surface area contributed by atoms with Gasteiger partial charge in [0.15, 0.2) is 0 Å².